The van der Waals surface area contributed by atoms with Gasteiger partial charge in [0.15, 0.2) is 12.6 Å². The summed E-state index contributed by atoms with van der Waals surface area (Å²) in [7, 11) is 0. The summed E-state index contributed by atoms with van der Waals surface area (Å²) in [6, 6.07) is 0. The van der Waals surface area contributed by atoms with Gasteiger partial charge in [-0.3, -0.25) is 0 Å². The number of hydrogen-bond acceptors (Lipinski definition) is 13. The second-order valence-electron chi connectivity index (χ2n) is 20.5. The van der Waals surface area contributed by atoms with Crippen molar-refractivity contribution in [1.29, 1.82) is 0 Å². The molecule has 13 heteroatoms. The molecule has 0 aromatic heterocycles. The van der Waals surface area contributed by atoms with E-state index in [0.717, 1.165) is 57.8 Å². The molecule has 3 aliphatic heterocycles. The smallest absolute Gasteiger partial charge is 0.186 e. The minimum Gasteiger partial charge on any atom is -0.394 e. The summed E-state index contributed by atoms with van der Waals surface area (Å²) in [5, 5.41) is 85.2. The van der Waals surface area contributed by atoms with E-state index in [1.54, 1.807) is 0 Å². The molecule has 5 saturated carbocycles. The van der Waals surface area contributed by atoms with Crippen LogP contribution in [0.1, 0.15) is 106 Å². The quantitative estimate of drug-likeness (QED) is 0.166. The maximum Gasteiger partial charge on any atom is 0.186 e. The van der Waals surface area contributed by atoms with Crippen LogP contribution < -0.4 is 0 Å². The van der Waals surface area contributed by atoms with Crippen LogP contribution in [0.3, 0.4) is 0 Å². The van der Waals surface area contributed by atoms with Crippen LogP contribution in [-0.4, -0.2) is 140 Å². The Morgan fingerprint density at radius 1 is 0.704 bits per heavy atom. The van der Waals surface area contributed by atoms with E-state index in [-0.39, 0.29) is 70.4 Å². The van der Waals surface area contributed by atoms with Gasteiger partial charge in [0, 0.05) is 5.41 Å². The first-order chi connectivity index (χ1) is 25.3. The summed E-state index contributed by atoms with van der Waals surface area (Å²) in [6.07, 6.45) is -3.60. The predicted octanol–water partition coefficient (Wildman–Crippen LogP) is 1.61. The van der Waals surface area contributed by atoms with Crippen molar-refractivity contribution in [1.82, 2.24) is 0 Å². The van der Waals surface area contributed by atoms with Crippen molar-refractivity contribution in [2.24, 2.45) is 50.7 Å². The number of rotatable bonds is 8. The summed E-state index contributed by atoms with van der Waals surface area (Å²) in [4.78, 5) is 0. The lowest BCUT2D eigenvalue weighted by molar-refractivity contribution is -0.328. The molecule has 0 radical (unpaired) electrons. The lowest BCUT2D eigenvalue weighted by Gasteiger charge is -2.64. The van der Waals surface area contributed by atoms with E-state index in [1.165, 1.54) is 0 Å². The third-order valence-corrected chi connectivity index (χ3v) is 17.7. The van der Waals surface area contributed by atoms with Gasteiger partial charge in [0.25, 0.3) is 0 Å². The van der Waals surface area contributed by atoms with Crippen LogP contribution in [0.5, 0.6) is 0 Å². The second-order valence-corrected chi connectivity index (χ2v) is 20.5. The molecule has 8 aliphatic rings. The summed E-state index contributed by atoms with van der Waals surface area (Å²) in [5.74, 6) is 0.952. The molecule has 8 fully saturated rings. The van der Waals surface area contributed by atoms with Crippen molar-refractivity contribution in [3.05, 3.63) is 0 Å². The molecule has 13 nitrogen and oxygen atoms in total. The molecule has 310 valence electrons. The number of fused-ring (bicyclic) bond motifs is 2. The van der Waals surface area contributed by atoms with Gasteiger partial charge in [-0.25, -0.2) is 0 Å². The highest BCUT2D eigenvalue weighted by molar-refractivity contribution is 5.31. The zero-order chi connectivity index (χ0) is 39.0. The molecule has 21 atom stereocenters. The van der Waals surface area contributed by atoms with Gasteiger partial charge in [-0.05, 0) is 123 Å². The van der Waals surface area contributed by atoms with Gasteiger partial charge < -0.3 is 64.5 Å². The molecule has 2 spiro atoms. The molecule has 0 aromatic carbocycles. The average Bonchev–Trinajstić information content (AvgIpc) is 3.56. The van der Waals surface area contributed by atoms with Gasteiger partial charge >= 0.3 is 0 Å². The molecule has 3 heterocycles. The van der Waals surface area contributed by atoms with Crippen molar-refractivity contribution in [3.63, 3.8) is 0 Å². The third kappa shape index (κ3) is 5.64. The van der Waals surface area contributed by atoms with Gasteiger partial charge in [0.2, 0.25) is 0 Å². The topological polar surface area (TPSA) is 208 Å². The molecule has 5 aliphatic carbocycles. The molecule has 54 heavy (non-hydrogen) atoms. The van der Waals surface area contributed by atoms with Crippen LogP contribution in [-0.2, 0) is 23.7 Å². The molecule has 3 saturated heterocycles. The van der Waals surface area contributed by atoms with Crippen molar-refractivity contribution < 1.29 is 64.5 Å². The van der Waals surface area contributed by atoms with Gasteiger partial charge in [0.1, 0.15) is 42.7 Å². The van der Waals surface area contributed by atoms with Crippen molar-refractivity contribution >= 4 is 0 Å². The molecule has 8 N–H and O–H groups in total. The summed E-state index contributed by atoms with van der Waals surface area (Å²) >= 11 is 0. The Hall–Kier alpha value is -0.520. The third-order valence-electron chi connectivity index (χ3n) is 17.7. The van der Waals surface area contributed by atoms with E-state index in [9.17, 15) is 40.9 Å². The highest BCUT2D eigenvalue weighted by atomic mass is 16.7. The maximum absolute atomic E-state index is 12.0. The minimum absolute atomic E-state index is 0.0113. The zero-order valence-electron chi connectivity index (χ0n) is 33.0. The molecule has 0 amide bonds. The summed E-state index contributed by atoms with van der Waals surface area (Å²) in [5.41, 5.74) is -0.848. The first-order valence-electron chi connectivity index (χ1n) is 20.9. The van der Waals surface area contributed by atoms with Crippen LogP contribution in [0.15, 0.2) is 0 Å². The minimum atomic E-state index is -1.57. The fourth-order valence-electron chi connectivity index (χ4n) is 14.8. The summed E-state index contributed by atoms with van der Waals surface area (Å²) in [6.45, 7) is 13.0. The first kappa shape index (κ1) is 40.3. The van der Waals surface area contributed by atoms with E-state index in [0.29, 0.717) is 12.3 Å². The number of aliphatic hydroxyl groups excluding tert-OH is 8. The fraction of sp³-hybridized carbons (Fsp3) is 1.00. The number of aliphatic hydroxyl groups is 8. The van der Waals surface area contributed by atoms with Crippen LogP contribution in [0.4, 0.5) is 0 Å². The molecule has 0 bridgehead atoms. The standard InChI is InChI=1S/C41H68O13/c1-20(23-9-11-36(2,3)54-23)28-21(43)15-39(6)26-8-7-25-37(4,19-51-35-33(49)31(47)30(46)24(16-42)52-35)27(53-34-32(48)29(45)22(44)17-50-34)10-12-40(25)18-41(26,40)14-13-38(28,39)5/h20-35,42-49H,7-19H2,1-6H3/t20-,21+,22+,23+,24-,25+,26+,27+,28+,29+,30+,31+,32-,33-,34+,35-,37+,38-,39+,40-,41+/m1/s1. The van der Waals surface area contributed by atoms with Gasteiger partial charge in [-0.2, -0.15) is 0 Å². The first-order valence-corrected chi connectivity index (χ1v) is 20.9. The van der Waals surface area contributed by atoms with Crippen molar-refractivity contribution in [2.75, 3.05) is 19.8 Å². The Bertz CT molecular complexity index is 1400. The summed E-state index contributed by atoms with van der Waals surface area (Å²) < 4.78 is 31.1. The van der Waals surface area contributed by atoms with Gasteiger partial charge in [-0.1, -0.05) is 27.7 Å². The van der Waals surface area contributed by atoms with Gasteiger partial charge in [0.05, 0.1) is 43.7 Å². The van der Waals surface area contributed by atoms with Crippen LogP contribution in [0, 0.1) is 50.7 Å². The highest BCUT2D eigenvalue weighted by Gasteiger charge is 2.83. The van der Waals surface area contributed by atoms with E-state index in [1.807, 2.05) is 0 Å². The van der Waals surface area contributed by atoms with Gasteiger partial charge in [-0.15, -0.1) is 0 Å². The lowest BCUT2D eigenvalue weighted by atomic mass is 9.41. The van der Waals surface area contributed by atoms with E-state index < -0.39 is 73.4 Å². The Morgan fingerprint density at radius 3 is 2.07 bits per heavy atom. The predicted molar refractivity (Wildman–Crippen MR) is 192 cm³/mol. The maximum atomic E-state index is 12.0. The normalized spacial score (nSPS) is 58.4. The van der Waals surface area contributed by atoms with Crippen LogP contribution in [0.2, 0.25) is 0 Å². The largest absolute Gasteiger partial charge is 0.394 e. The van der Waals surface area contributed by atoms with E-state index in [2.05, 4.69) is 41.5 Å². The fourth-order valence-corrected chi connectivity index (χ4v) is 14.8. The van der Waals surface area contributed by atoms with Crippen LogP contribution in [0.25, 0.3) is 0 Å². The number of hydrogen-bond donors (Lipinski definition) is 8. The molecule has 0 aromatic rings. The van der Waals surface area contributed by atoms with Crippen LogP contribution >= 0.6 is 0 Å². The Balaban J connectivity index is 1.07. The Morgan fingerprint density at radius 2 is 1.39 bits per heavy atom. The highest BCUT2D eigenvalue weighted by Crippen LogP contribution is 2.89. The molecule has 8 rings (SSSR count). The van der Waals surface area contributed by atoms with E-state index in [4.69, 9.17) is 23.7 Å². The monoisotopic (exact) mass is 768 g/mol. The van der Waals surface area contributed by atoms with Crippen molar-refractivity contribution in [3.8, 4) is 0 Å². The molecular weight excluding hydrogens is 700 g/mol. The second kappa shape index (κ2) is 13.5. The van der Waals surface area contributed by atoms with Crippen molar-refractivity contribution in [2.45, 2.75) is 185 Å². The number of ether oxygens (including phenoxy) is 5. The lowest BCUT2D eigenvalue weighted by Crippen LogP contribution is -2.62. The molecule has 0 unspecified atom stereocenters. The molecular formula is C41H68O13. The SMILES string of the molecule is C[C@@H]([C@H]1[C@@H](O)C[C@@]2(C)[C@@H]3CC[C@H]4[C@](C)(CO[C@@H]5O[C@H](CO)[C@H](O)[C@H](O)[C@H]5O)[C@@H](O[C@@H]5OC[C@H](O)[C@H](O)[C@H]5O)CC[C@@]45C[C@@]35CC[C@]12C)[C@@H]1CCC(C)(C)O1. The Kier molecular flexibility index (Phi) is 10.1. The average molecular weight is 769 g/mol. The van der Waals surface area contributed by atoms with E-state index >= 15 is 0 Å². The zero-order valence-corrected chi connectivity index (χ0v) is 33.0. The Labute approximate surface area is 319 Å².